The van der Waals surface area contributed by atoms with Gasteiger partial charge in [-0.15, -0.1) is 0 Å². The molecule has 0 heterocycles. The van der Waals surface area contributed by atoms with Crippen LogP contribution >= 0.6 is 0 Å². The lowest BCUT2D eigenvalue weighted by atomic mass is 9.98. The van der Waals surface area contributed by atoms with E-state index in [1.165, 1.54) is 24.3 Å². The predicted molar refractivity (Wildman–Crippen MR) is 63.8 cm³/mol. The number of hydrogen-bond donors (Lipinski definition) is 4. The predicted octanol–water partition coefficient (Wildman–Crippen LogP) is 2.17. The molecule has 92 valence electrons. The first-order valence-corrected chi connectivity index (χ1v) is 5.07. The van der Waals surface area contributed by atoms with E-state index in [2.05, 4.69) is 0 Å². The van der Waals surface area contributed by atoms with Gasteiger partial charge >= 0.3 is 5.97 Å². The van der Waals surface area contributed by atoms with Crippen LogP contribution in [0.2, 0.25) is 0 Å². The Balaban J connectivity index is 2.73. The van der Waals surface area contributed by atoms with E-state index in [0.717, 1.165) is 6.07 Å². The second-order valence-electron chi connectivity index (χ2n) is 3.74. The molecular weight excluding hydrogens is 236 g/mol. The molecule has 0 unspecified atom stereocenters. The SMILES string of the molecule is O=C(O)c1c(O)cc(O)cc1-c1cccc(O)c1. The van der Waals surface area contributed by atoms with Gasteiger partial charge in [0.25, 0.3) is 0 Å². The third kappa shape index (κ3) is 2.06. The van der Waals surface area contributed by atoms with Crippen LogP contribution in [0.4, 0.5) is 0 Å². The van der Waals surface area contributed by atoms with Gasteiger partial charge in [0.1, 0.15) is 22.8 Å². The van der Waals surface area contributed by atoms with Gasteiger partial charge in [0.2, 0.25) is 0 Å². The molecule has 0 spiro atoms. The molecule has 0 atom stereocenters. The van der Waals surface area contributed by atoms with Gasteiger partial charge in [0, 0.05) is 11.6 Å². The largest absolute Gasteiger partial charge is 0.508 e. The second-order valence-corrected chi connectivity index (χ2v) is 3.74. The number of aromatic hydroxyl groups is 3. The lowest BCUT2D eigenvalue weighted by molar-refractivity contribution is 0.0694. The minimum absolute atomic E-state index is 0.0355. The van der Waals surface area contributed by atoms with Gasteiger partial charge in [-0.2, -0.15) is 0 Å². The van der Waals surface area contributed by atoms with Crippen LogP contribution in [0.3, 0.4) is 0 Å². The zero-order valence-corrected chi connectivity index (χ0v) is 9.16. The fourth-order valence-electron chi connectivity index (χ4n) is 1.74. The summed E-state index contributed by atoms with van der Waals surface area (Å²) in [6, 6.07) is 8.07. The van der Waals surface area contributed by atoms with Gasteiger partial charge in [-0.1, -0.05) is 12.1 Å². The second kappa shape index (κ2) is 4.29. The van der Waals surface area contributed by atoms with Crippen molar-refractivity contribution in [1.82, 2.24) is 0 Å². The Labute approximate surface area is 102 Å². The number of rotatable bonds is 2. The summed E-state index contributed by atoms with van der Waals surface area (Å²) in [7, 11) is 0. The Hall–Kier alpha value is -2.69. The van der Waals surface area contributed by atoms with E-state index in [4.69, 9.17) is 5.11 Å². The van der Waals surface area contributed by atoms with Crippen molar-refractivity contribution in [3.63, 3.8) is 0 Å². The number of phenolic OH excluding ortho intramolecular Hbond substituents is 2. The van der Waals surface area contributed by atoms with Crippen LogP contribution in [-0.2, 0) is 0 Å². The molecule has 4 N–H and O–H groups in total. The summed E-state index contributed by atoms with van der Waals surface area (Å²) in [5.74, 6) is -2.13. The summed E-state index contributed by atoms with van der Waals surface area (Å²) in [6.07, 6.45) is 0. The van der Waals surface area contributed by atoms with Crippen LogP contribution < -0.4 is 0 Å². The summed E-state index contributed by atoms with van der Waals surface area (Å²) < 4.78 is 0. The first-order valence-electron chi connectivity index (χ1n) is 5.07. The molecule has 2 rings (SSSR count). The molecule has 2 aromatic rings. The quantitative estimate of drug-likeness (QED) is 0.651. The van der Waals surface area contributed by atoms with Crippen LogP contribution in [0.25, 0.3) is 11.1 Å². The Morgan fingerprint density at radius 2 is 1.67 bits per heavy atom. The summed E-state index contributed by atoms with van der Waals surface area (Å²) in [4.78, 5) is 11.1. The van der Waals surface area contributed by atoms with Gasteiger partial charge in [-0.3, -0.25) is 0 Å². The molecule has 0 aliphatic carbocycles. The summed E-state index contributed by atoms with van der Waals surface area (Å²) >= 11 is 0. The third-order valence-electron chi connectivity index (χ3n) is 2.47. The zero-order chi connectivity index (χ0) is 13.3. The highest BCUT2D eigenvalue weighted by molar-refractivity contribution is 5.99. The van der Waals surface area contributed by atoms with E-state index in [0.29, 0.717) is 5.56 Å². The zero-order valence-electron chi connectivity index (χ0n) is 9.16. The van der Waals surface area contributed by atoms with Crippen molar-refractivity contribution in [1.29, 1.82) is 0 Å². The Kier molecular flexibility index (Phi) is 2.81. The van der Waals surface area contributed by atoms with Crippen LogP contribution in [0.1, 0.15) is 10.4 Å². The van der Waals surface area contributed by atoms with Crippen molar-refractivity contribution in [2.45, 2.75) is 0 Å². The lowest BCUT2D eigenvalue weighted by Crippen LogP contribution is -2.00. The summed E-state index contributed by atoms with van der Waals surface area (Å²) in [6.45, 7) is 0. The molecule has 0 fully saturated rings. The molecule has 0 aliphatic heterocycles. The fourth-order valence-corrected chi connectivity index (χ4v) is 1.74. The van der Waals surface area contributed by atoms with Crippen molar-refractivity contribution in [2.75, 3.05) is 0 Å². The first-order chi connectivity index (χ1) is 8.49. The van der Waals surface area contributed by atoms with Crippen molar-refractivity contribution in [2.24, 2.45) is 0 Å². The first kappa shape index (κ1) is 11.8. The third-order valence-corrected chi connectivity index (χ3v) is 2.47. The standard InChI is InChI=1S/C13H10O5/c14-8-3-1-2-7(4-8)10-5-9(15)6-11(16)12(10)13(17)18/h1-6,14-16H,(H,17,18). The maximum absolute atomic E-state index is 11.1. The maximum atomic E-state index is 11.1. The van der Waals surface area contributed by atoms with Gasteiger partial charge in [0.05, 0.1) is 0 Å². The van der Waals surface area contributed by atoms with E-state index >= 15 is 0 Å². The Morgan fingerprint density at radius 1 is 0.944 bits per heavy atom. The van der Waals surface area contributed by atoms with Crippen LogP contribution in [0.15, 0.2) is 36.4 Å². The van der Waals surface area contributed by atoms with Gasteiger partial charge in [-0.05, 0) is 23.8 Å². The molecule has 0 saturated carbocycles. The van der Waals surface area contributed by atoms with Crippen molar-refractivity contribution in [3.05, 3.63) is 42.0 Å². The molecule has 5 heteroatoms. The monoisotopic (exact) mass is 246 g/mol. The molecule has 18 heavy (non-hydrogen) atoms. The van der Waals surface area contributed by atoms with E-state index in [9.17, 15) is 20.1 Å². The number of carboxylic acids is 1. The van der Waals surface area contributed by atoms with E-state index in [1.807, 2.05) is 0 Å². The highest BCUT2D eigenvalue weighted by atomic mass is 16.4. The summed E-state index contributed by atoms with van der Waals surface area (Å²) in [5, 5.41) is 37.4. The van der Waals surface area contributed by atoms with Gasteiger partial charge in [-0.25, -0.2) is 4.79 Å². The average molecular weight is 246 g/mol. The Bertz CT molecular complexity index is 619. The molecule has 2 aromatic carbocycles. The molecule has 5 nitrogen and oxygen atoms in total. The van der Waals surface area contributed by atoms with E-state index in [-0.39, 0.29) is 22.6 Å². The lowest BCUT2D eigenvalue weighted by Gasteiger charge is -2.09. The van der Waals surface area contributed by atoms with E-state index < -0.39 is 11.7 Å². The maximum Gasteiger partial charge on any atom is 0.340 e. The smallest absolute Gasteiger partial charge is 0.340 e. The minimum atomic E-state index is -1.31. The molecule has 0 radical (unpaired) electrons. The van der Waals surface area contributed by atoms with Gasteiger partial charge < -0.3 is 20.4 Å². The number of hydrogen-bond acceptors (Lipinski definition) is 4. The van der Waals surface area contributed by atoms with Crippen molar-refractivity contribution in [3.8, 4) is 28.4 Å². The molecule has 0 saturated heterocycles. The molecule has 0 aliphatic rings. The number of phenols is 3. The number of aromatic carboxylic acids is 1. The van der Waals surface area contributed by atoms with E-state index in [1.54, 1.807) is 6.07 Å². The minimum Gasteiger partial charge on any atom is -0.508 e. The number of benzene rings is 2. The van der Waals surface area contributed by atoms with Crippen LogP contribution in [-0.4, -0.2) is 26.4 Å². The van der Waals surface area contributed by atoms with Crippen LogP contribution in [0, 0.1) is 0 Å². The normalized spacial score (nSPS) is 10.2. The molecular formula is C13H10O5. The summed E-state index contributed by atoms with van der Waals surface area (Å²) in [5.41, 5.74) is 0.202. The van der Waals surface area contributed by atoms with Crippen molar-refractivity contribution < 1.29 is 25.2 Å². The average Bonchev–Trinajstić information content (AvgIpc) is 2.27. The molecule has 0 aromatic heterocycles. The fraction of sp³-hybridized carbons (Fsp3) is 0. The molecule has 0 bridgehead atoms. The topological polar surface area (TPSA) is 98.0 Å². The highest BCUT2D eigenvalue weighted by Crippen LogP contribution is 2.35. The Morgan fingerprint density at radius 3 is 2.28 bits per heavy atom. The number of carbonyl (C=O) groups is 1. The molecule has 0 amide bonds. The van der Waals surface area contributed by atoms with Crippen LogP contribution in [0.5, 0.6) is 17.2 Å². The van der Waals surface area contributed by atoms with Crippen molar-refractivity contribution >= 4 is 5.97 Å². The van der Waals surface area contributed by atoms with Gasteiger partial charge in [0.15, 0.2) is 0 Å². The highest BCUT2D eigenvalue weighted by Gasteiger charge is 2.18. The number of carboxylic acid groups (broad SMARTS) is 1.